The second-order valence-corrected chi connectivity index (χ2v) is 7.77. The number of guanidine groups is 1. The first-order valence-corrected chi connectivity index (χ1v) is 9.75. The Morgan fingerprint density at radius 3 is 2.69 bits per heavy atom. The smallest absolute Gasteiger partial charge is 0.230 e. The maximum Gasteiger partial charge on any atom is 0.230 e. The molecule has 0 atom stereocenters. The first kappa shape index (κ1) is 18.7. The molecule has 7 nitrogen and oxygen atoms in total. The largest absolute Gasteiger partial charge is 0.355 e. The summed E-state index contributed by atoms with van der Waals surface area (Å²) in [5.74, 6) is 2.14. The SMILES string of the molecule is CN=C(NCc1cn2c(n1)CCCC2)NCC1(C(=O)N(C)C)CCCC1. The zero-order chi connectivity index (χ0) is 18.6. The number of aromatic nitrogens is 2. The van der Waals surface area contributed by atoms with Crippen LogP contribution in [0.1, 0.15) is 50.0 Å². The van der Waals surface area contributed by atoms with E-state index in [0.717, 1.165) is 50.3 Å². The molecule has 0 unspecified atom stereocenters. The average molecular weight is 361 g/mol. The number of imidazole rings is 1. The van der Waals surface area contributed by atoms with Gasteiger partial charge in [0.25, 0.3) is 0 Å². The van der Waals surface area contributed by atoms with Gasteiger partial charge in [-0.05, 0) is 25.7 Å². The lowest BCUT2D eigenvalue weighted by Gasteiger charge is -2.31. The summed E-state index contributed by atoms with van der Waals surface area (Å²) >= 11 is 0. The second-order valence-electron chi connectivity index (χ2n) is 7.77. The number of aryl methyl sites for hydroxylation is 2. The number of nitrogens with zero attached hydrogens (tertiary/aromatic N) is 4. The Hall–Kier alpha value is -2.05. The van der Waals surface area contributed by atoms with Gasteiger partial charge in [-0.15, -0.1) is 0 Å². The molecule has 1 aromatic heterocycles. The molecule has 2 aliphatic rings. The van der Waals surface area contributed by atoms with Crippen molar-refractivity contribution in [2.24, 2.45) is 10.4 Å². The zero-order valence-corrected chi connectivity index (χ0v) is 16.3. The molecule has 26 heavy (non-hydrogen) atoms. The van der Waals surface area contributed by atoms with E-state index in [2.05, 4.69) is 26.4 Å². The number of carbonyl (C=O) groups excluding carboxylic acids is 1. The summed E-state index contributed by atoms with van der Waals surface area (Å²) in [7, 11) is 5.45. The van der Waals surface area contributed by atoms with E-state index in [1.54, 1.807) is 11.9 Å². The molecule has 2 heterocycles. The molecule has 1 aliphatic heterocycles. The highest BCUT2D eigenvalue weighted by atomic mass is 16.2. The summed E-state index contributed by atoms with van der Waals surface area (Å²) in [6.45, 7) is 2.35. The molecular weight excluding hydrogens is 328 g/mol. The van der Waals surface area contributed by atoms with E-state index in [1.807, 2.05) is 14.1 Å². The van der Waals surface area contributed by atoms with Crippen LogP contribution in [-0.4, -0.2) is 54.0 Å². The van der Waals surface area contributed by atoms with Gasteiger partial charge in [-0.2, -0.15) is 0 Å². The predicted molar refractivity (Wildman–Crippen MR) is 103 cm³/mol. The molecule has 0 radical (unpaired) electrons. The fourth-order valence-electron chi connectivity index (χ4n) is 4.20. The van der Waals surface area contributed by atoms with Gasteiger partial charge in [-0.3, -0.25) is 9.79 Å². The topological polar surface area (TPSA) is 74.5 Å². The third-order valence-electron chi connectivity index (χ3n) is 5.63. The average Bonchev–Trinajstić information content (AvgIpc) is 3.28. The molecule has 0 aromatic carbocycles. The number of hydrogen-bond donors (Lipinski definition) is 2. The molecule has 7 heteroatoms. The van der Waals surface area contributed by atoms with Crippen LogP contribution in [0, 0.1) is 5.41 Å². The van der Waals surface area contributed by atoms with Crippen molar-refractivity contribution in [1.82, 2.24) is 25.1 Å². The lowest BCUT2D eigenvalue weighted by Crippen LogP contribution is -2.49. The standard InChI is InChI=1S/C19H32N6O/c1-20-18(21-12-15-13-25-11-7-4-8-16(25)23-15)22-14-19(9-5-6-10-19)17(26)24(2)3/h13H,4-12,14H2,1-3H3,(H2,20,21,22). The number of hydrogen-bond acceptors (Lipinski definition) is 3. The molecule has 1 amide bonds. The van der Waals surface area contributed by atoms with Gasteiger partial charge in [-0.25, -0.2) is 4.98 Å². The van der Waals surface area contributed by atoms with Crippen molar-refractivity contribution in [3.05, 3.63) is 17.7 Å². The minimum absolute atomic E-state index is 0.222. The van der Waals surface area contributed by atoms with Crippen LogP contribution in [0.5, 0.6) is 0 Å². The second kappa shape index (κ2) is 8.10. The fourth-order valence-corrected chi connectivity index (χ4v) is 4.20. The van der Waals surface area contributed by atoms with Gasteiger partial charge in [0.2, 0.25) is 5.91 Å². The molecule has 0 saturated heterocycles. The Morgan fingerprint density at radius 1 is 1.27 bits per heavy atom. The van der Waals surface area contributed by atoms with Crippen molar-refractivity contribution in [1.29, 1.82) is 0 Å². The summed E-state index contributed by atoms with van der Waals surface area (Å²) < 4.78 is 2.26. The van der Waals surface area contributed by atoms with Crippen LogP contribution in [0.3, 0.4) is 0 Å². The minimum atomic E-state index is -0.297. The number of rotatable bonds is 5. The molecule has 1 saturated carbocycles. The van der Waals surface area contributed by atoms with Gasteiger partial charge in [0, 0.05) is 46.9 Å². The van der Waals surface area contributed by atoms with E-state index < -0.39 is 0 Å². The van der Waals surface area contributed by atoms with Crippen molar-refractivity contribution < 1.29 is 4.79 Å². The quantitative estimate of drug-likeness (QED) is 0.617. The zero-order valence-electron chi connectivity index (χ0n) is 16.3. The van der Waals surface area contributed by atoms with Gasteiger partial charge in [0.05, 0.1) is 17.7 Å². The maximum atomic E-state index is 12.7. The summed E-state index contributed by atoms with van der Waals surface area (Å²) in [6.07, 6.45) is 9.81. The van der Waals surface area contributed by atoms with E-state index in [-0.39, 0.29) is 11.3 Å². The maximum absolute atomic E-state index is 12.7. The Kier molecular flexibility index (Phi) is 5.84. The summed E-state index contributed by atoms with van der Waals surface area (Å²) in [6, 6.07) is 0. The highest BCUT2D eigenvalue weighted by molar-refractivity contribution is 5.85. The van der Waals surface area contributed by atoms with E-state index in [0.29, 0.717) is 13.1 Å². The molecule has 1 aromatic rings. The molecule has 0 spiro atoms. The first-order valence-electron chi connectivity index (χ1n) is 9.75. The van der Waals surface area contributed by atoms with E-state index >= 15 is 0 Å². The van der Waals surface area contributed by atoms with E-state index in [4.69, 9.17) is 4.98 Å². The molecule has 2 N–H and O–H groups in total. The van der Waals surface area contributed by atoms with Crippen molar-refractivity contribution in [3.8, 4) is 0 Å². The van der Waals surface area contributed by atoms with Crippen molar-refractivity contribution in [3.63, 3.8) is 0 Å². The predicted octanol–water partition coefficient (Wildman–Crippen LogP) is 1.53. The van der Waals surface area contributed by atoms with Gasteiger partial charge in [-0.1, -0.05) is 12.8 Å². The Balaban J connectivity index is 1.56. The van der Waals surface area contributed by atoms with Crippen LogP contribution < -0.4 is 10.6 Å². The Labute approximate surface area is 156 Å². The molecule has 1 fully saturated rings. The Bertz CT molecular complexity index is 633. The lowest BCUT2D eigenvalue weighted by atomic mass is 9.84. The van der Waals surface area contributed by atoms with Gasteiger partial charge >= 0.3 is 0 Å². The molecular formula is C19H32N6O. The van der Waals surface area contributed by atoms with Gasteiger partial charge in [0.15, 0.2) is 5.96 Å². The monoisotopic (exact) mass is 360 g/mol. The van der Waals surface area contributed by atoms with Crippen LogP contribution in [0.4, 0.5) is 0 Å². The van der Waals surface area contributed by atoms with E-state index in [9.17, 15) is 4.79 Å². The third-order valence-corrected chi connectivity index (χ3v) is 5.63. The molecule has 144 valence electrons. The first-order chi connectivity index (χ1) is 12.5. The van der Waals surface area contributed by atoms with Crippen molar-refractivity contribution in [2.45, 2.75) is 58.0 Å². The van der Waals surface area contributed by atoms with Gasteiger partial charge < -0.3 is 20.1 Å². The van der Waals surface area contributed by atoms with Crippen LogP contribution >= 0.6 is 0 Å². The normalized spacial score (nSPS) is 19.1. The minimum Gasteiger partial charge on any atom is -0.355 e. The summed E-state index contributed by atoms with van der Waals surface area (Å²) in [5.41, 5.74) is 0.749. The summed E-state index contributed by atoms with van der Waals surface area (Å²) in [5, 5.41) is 6.72. The van der Waals surface area contributed by atoms with Crippen LogP contribution in [0.2, 0.25) is 0 Å². The molecule has 3 rings (SSSR count). The van der Waals surface area contributed by atoms with Crippen molar-refractivity contribution in [2.75, 3.05) is 27.7 Å². The highest BCUT2D eigenvalue weighted by Gasteiger charge is 2.42. The molecule has 1 aliphatic carbocycles. The number of amides is 1. The number of fused-ring (bicyclic) bond motifs is 1. The summed E-state index contributed by atoms with van der Waals surface area (Å²) in [4.78, 5) is 23.4. The number of carbonyl (C=O) groups is 1. The fraction of sp³-hybridized carbons (Fsp3) is 0.737. The Morgan fingerprint density at radius 2 is 2.04 bits per heavy atom. The number of aliphatic imine (C=N–C) groups is 1. The van der Waals surface area contributed by atoms with Crippen LogP contribution in [0.15, 0.2) is 11.2 Å². The lowest BCUT2D eigenvalue weighted by molar-refractivity contribution is -0.138. The number of nitrogens with one attached hydrogen (secondary N) is 2. The van der Waals surface area contributed by atoms with Crippen LogP contribution in [0.25, 0.3) is 0 Å². The van der Waals surface area contributed by atoms with E-state index in [1.165, 1.54) is 18.7 Å². The third kappa shape index (κ3) is 4.02. The molecule has 0 bridgehead atoms. The highest BCUT2D eigenvalue weighted by Crippen LogP contribution is 2.38. The van der Waals surface area contributed by atoms with Crippen LogP contribution in [-0.2, 0) is 24.3 Å². The van der Waals surface area contributed by atoms with Gasteiger partial charge in [0.1, 0.15) is 5.82 Å². The van der Waals surface area contributed by atoms with Crippen molar-refractivity contribution >= 4 is 11.9 Å².